The number of carbonyl (C=O) groups is 3. The monoisotopic (exact) mass is 446 g/mol. The molecule has 2 aromatic rings. The zero-order valence-electron chi connectivity index (χ0n) is 14.1. The van der Waals surface area contributed by atoms with E-state index in [4.69, 9.17) is 0 Å². The topological polar surface area (TPSA) is 51.2 Å². The number of ketones is 3. The second kappa shape index (κ2) is 7.88. The molecule has 13 heteroatoms. The van der Waals surface area contributed by atoms with Gasteiger partial charge in [-0.3, -0.25) is 14.4 Å². The molecule has 0 saturated heterocycles. The number of Topliss-reactive ketones (excluding diaryl/α,β-unsaturated/α-hetero) is 3. The third kappa shape index (κ3) is 3.33. The van der Waals surface area contributed by atoms with Crippen LogP contribution in [0.3, 0.4) is 0 Å². The molecule has 0 N–H and O–H groups in total. The lowest BCUT2D eigenvalue weighted by molar-refractivity contribution is -0.118. The van der Waals surface area contributed by atoms with Gasteiger partial charge in [-0.15, -0.1) is 0 Å². The van der Waals surface area contributed by atoms with E-state index in [1.807, 2.05) is 0 Å². The fourth-order valence-corrected chi connectivity index (χ4v) is 2.42. The summed E-state index contributed by atoms with van der Waals surface area (Å²) in [6, 6.07) is 0. The number of hydrogen-bond acceptors (Lipinski definition) is 3. The zero-order valence-corrected chi connectivity index (χ0v) is 14.1. The molecular weight excluding hydrogens is 442 g/mol. The van der Waals surface area contributed by atoms with E-state index in [1.165, 1.54) is 0 Å². The average molecular weight is 446 g/mol. The number of benzene rings is 2. The molecule has 0 aromatic heterocycles. The Labute approximate surface area is 158 Å². The van der Waals surface area contributed by atoms with Crippen LogP contribution < -0.4 is 0 Å². The van der Waals surface area contributed by atoms with Crippen LogP contribution in [-0.4, -0.2) is 17.3 Å². The van der Waals surface area contributed by atoms with E-state index < -0.39 is 92.6 Å². The predicted octanol–water partition coefficient (Wildman–Crippen LogP) is 4.35. The Kier molecular flexibility index (Phi) is 6.05. The molecule has 0 atom stereocenters. The molecule has 0 amide bonds. The smallest absolute Gasteiger partial charge is 0.200 e. The third-order valence-electron chi connectivity index (χ3n) is 3.84. The first-order valence-corrected chi connectivity index (χ1v) is 7.37. The van der Waals surface area contributed by atoms with Gasteiger partial charge in [0.15, 0.2) is 58.1 Å². The molecular formula is C17H4F10O3. The highest BCUT2D eigenvalue weighted by Crippen LogP contribution is 2.29. The van der Waals surface area contributed by atoms with Crippen molar-refractivity contribution >= 4 is 17.3 Å². The highest BCUT2D eigenvalue weighted by molar-refractivity contribution is 6.27. The van der Waals surface area contributed by atoms with Crippen LogP contribution in [-0.2, 0) is 4.79 Å². The second-order valence-corrected chi connectivity index (χ2v) is 5.66. The largest absolute Gasteiger partial charge is 0.299 e. The maximum absolute atomic E-state index is 13.8. The number of hydrogen-bond donors (Lipinski definition) is 0. The van der Waals surface area contributed by atoms with Crippen molar-refractivity contribution in [1.82, 2.24) is 0 Å². The van der Waals surface area contributed by atoms with E-state index in [9.17, 15) is 58.3 Å². The maximum atomic E-state index is 13.8. The Hall–Kier alpha value is -3.25. The maximum Gasteiger partial charge on any atom is 0.200 e. The van der Waals surface area contributed by atoms with Crippen molar-refractivity contribution in [2.75, 3.05) is 0 Å². The van der Waals surface area contributed by atoms with Gasteiger partial charge in [-0.2, -0.15) is 0 Å². The highest BCUT2D eigenvalue weighted by atomic mass is 19.2. The standard InChI is InChI=1S/C17H4F10O3/c1-2(28)3(16(29)4-6(18)10(22)14(26)11(23)7(4)19)17(30)5-8(20)12(24)15(27)13(25)9(5)21/h3H,1H3. The summed E-state index contributed by atoms with van der Waals surface area (Å²) in [7, 11) is 0. The third-order valence-corrected chi connectivity index (χ3v) is 3.84. The molecule has 160 valence electrons. The van der Waals surface area contributed by atoms with Gasteiger partial charge in [0.25, 0.3) is 0 Å². The molecule has 0 aliphatic heterocycles. The summed E-state index contributed by atoms with van der Waals surface area (Å²) < 4.78 is 135. The number of halogens is 10. The Morgan fingerprint density at radius 1 is 0.467 bits per heavy atom. The van der Waals surface area contributed by atoms with Gasteiger partial charge in [0.05, 0.1) is 11.1 Å². The molecule has 2 rings (SSSR count). The van der Waals surface area contributed by atoms with Crippen molar-refractivity contribution < 1.29 is 58.3 Å². The Bertz CT molecular complexity index is 986. The van der Waals surface area contributed by atoms with Crippen LogP contribution in [0.4, 0.5) is 43.9 Å². The van der Waals surface area contributed by atoms with Crippen LogP contribution in [0, 0.1) is 64.1 Å². The zero-order chi connectivity index (χ0) is 23.2. The summed E-state index contributed by atoms with van der Waals surface area (Å²) in [6.45, 7) is 0.332. The molecule has 30 heavy (non-hydrogen) atoms. The first-order valence-electron chi connectivity index (χ1n) is 7.37. The van der Waals surface area contributed by atoms with Crippen LogP contribution in [0.2, 0.25) is 0 Å². The van der Waals surface area contributed by atoms with E-state index in [2.05, 4.69) is 0 Å². The van der Waals surface area contributed by atoms with Gasteiger partial charge in [-0.05, 0) is 6.92 Å². The van der Waals surface area contributed by atoms with E-state index in [1.54, 1.807) is 0 Å². The van der Waals surface area contributed by atoms with Crippen molar-refractivity contribution in [3.8, 4) is 0 Å². The average Bonchev–Trinajstić information content (AvgIpc) is 2.67. The van der Waals surface area contributed by atoms with Gasteiger partial charge in [0.1, 0.15) is 11.7 Å². The molecule has 2 aromatic carbocycles. The first-order chi connectivity index (χ1) is 13.7. The SMILES string of the molecule is CC(=O)C(C(=O)c1c(F)c(F)c(F)c(F)c1F)C(=O)c1c(F)c(F)c(F)c(F)c1F. The molecule has 0 aliphatic carbocycles. The Morgan fingerprint density at radius 3 is 0.867 bits per heavy atom. The van der Waals surface area contributed by atoms with E-state index >= 15 is 0 Å². The van der Waals surface area contributed by atoms with Crippen LogP contribution in [0.5, 0.6) is 0 Å². The van der Waals surface area contributed by atoms with Crippen molar-refractivity contribution in [3.05, 3.63) is 69.3 Å². The van der Waals surface area contributed by atoms with E-state index in [-0.39, 0.29) is 0 Å². The molecule has 0 aliphatic rings. The van der Waals surface area contributed by atoms with Gasteiger partial charge in [0.2, 0.25) is 11.6 Å². The predicted molar refractivity (Wildman–Crippen MR) is 75.3 cm³/mol. The minimum Gasteiger partial charge on any atom is -0.299 e. The minimum atomic E-state index is -3.19. The summed E-state index contributed by atoms with van der Waals surface area (Å²) in [4.78, 5) is 36.1. The van der Waals surface area contributed by atoms with Gasteiger partial charge in [-0.25, -0.2) is 43.9 Å². The number of carbonyl (C=O) groups excluding carboxylic acids is 3. The van der Waals surface area contributed by atoms with Crippen molar-refractivity contribution in [3.63, 3.8) is 0 Å². The lowest BCUT2D eigenvalue weighted by Gasteiger charge is -2.15. The quantitative estimate of drug-likeness (QED) is 0.226. The Morgan fingerprint density at radius 2 is 0.667 bits per heavy atom. The molecule has 0 saturated carbocycles. The van der Waals surface area contributed by atoms with Gasteiger partial charge < -0.3 is 0 Å². The Balaban J connectivity index is 2.77. The summed E-state index contributed by atoms with van der Waals surface area (Å²) in [5.41, 5.74) is -4.63. The van der Waals surface area contributed by atoms with Gasteiger partial charge >= 0.3 is 0 Å². The molecule has 0 radical (unpaired) electrons. The molecule has 0 heterocycles. The summed E-state index contributed by atoms with van der Waals surface area (Å²) in [6.07, 6.45) is 0. The van der Waals surface area contributed by atoms with Crippen LogP contribution in [0.25, 0.3) is 0 Å². The van der Waals surface area contributed by atoms with Crippen molar-refractivity contribution in [1.29, 1.82) is 0 Å². The second-order valence-electron chi connectivity index (χ2n) is 5.66. The summed E-state index contributed by atoms with van der Waals surface area (Å²) in [5, 5.41) is 0. The molecule has 0 fully saturated rings. The van der Waals surface area contributed by atoms with E-state index in [0.29, 0.717) is 6.92 Å². The van der Waals surface area contributed by atoms with E-state index in [0.717, 1.165) is 0 Å². The lowest BCUT2D eigenvalue weighted by Crippen LogP contribution is -2.34. The van der Waals surface area contributed by atoms with Gasteiger partial charge in [0, 0.05) is 0 Å². The number of rotatable bonds is 5. The fraction of sp³-hybridized carbons (Fsp3) is 0.118. The summed E-state index contributed by atoms with van der Waals surface area (Å²) >= 11 is 0. The normalized spacial score (nSPS) is 11.2. The minimum absolute atomic E-state index is 0.332. The fourth-order valence-electron chi connectivity index (χ4n) is 2.42. The van der Waals surface area contributed by atoms with Crippen molar-refractivity contribution in [2.45, 2.75) is 6.92 Å². The van der Waals surface area contributed by atoms with Gasteiger partial charge in [-0.1, -0.05) is 0 Å². The molecule has 0 unspecified atom stereocenters. The van der Waals surface area contributed by atoms with Crippen LogP contribution in [0.1, 0.15) is 27.6 Å². The molecule has 3 nitrogen and oxygen atoms in total. The van der Waals surface area contributed by atoms with Crippen molar-refractivity contribution in [2.24, 2.45) is 5.92 Å². The first kappa shape index (κ1) is 23.0. The van der Waals surface area contributed by atoms with Crippen LogP contribution >= 0.6 is 0 Å². The molecule has 0 spiro atoms. The highest BCUT2D eigenvalue weighted by Gasteiger charge is 2.42. The van der Waals surface area contributed by atoms with Crippen LogP contribution in [0.15, 0.2) is 0 Å². The molecule has 0 bridgehead atoms. The lowest BCUT2D eigenvalue weighted by atomic mass is 9.86. The summed E-state index contributed by atoms with van der Waals surface area (Å²) in [5.74, 6) is -37.0.